The Labute approximate surface area is 166 Å². The highest BCUT2D eigenvalue weighted by molar-refractivity contribution is 6.22. The van der Waals surface area contributed by atoms with E-state index in [0.717, 1.165) is 0 Å². The summed E-state index contributed by atoms with van der Waals surface area (Å²) in [5.41, 5.74) is 1.67. The number of carbonyl (C=O) groups is 3. The fourth-order valence-electron chi connectivity index (χ4n) is 5.13. The Morgan fingerprint density at radius 2 is 1.83 bits per heavy atom. The number of Topliss-reactive ketones (excluding diaryl/α,β-unsaturated/α-hetero) is 2. The van der Waals surface area contributed by atoms with Crippen LogP contribution in [0.3, 0.4) is 0 Å². The zero-order valence-electron chi connectivity index (χ0n) is 15.9. The normalized spacial score (nSPS) is 30.6. The number of primary amides is 1. The van der Waals surface area contributed by atoms with E-state index in [4.69, 9.17) is 5.73 Å². The molecule has 0 spiro atoms. The van der Waals surface area contributed by atoms with Gasteiger partial charge in [0.2, 0.25) is 5.78 Å². The minimum Gasteiger partial charge on any atom is -0.508 e. The Bertz CT molecular complexity index is 1060. The summed E-state index contributed by atoms with van der Waals surface area (Å²) in [4.78, 5) is 37.4. The van der Waals surface area contributed by atoms with Crippen molar-refractivity contribution in [2.45, 2.75) is 37.7 Å². The van der Waals surface area contributed by atoms with Crippen molar-refractivity contribution in [3.8, 4) is 5.75 Å². The summed E-state index contributed by atoms with van der Waals surface area (Å²) in [6, 6.07) is 4.74. The van der Waals surface area contributed by atoms with Crippen LogP contribution in [0.4, 0.5) is 0 Å². The van der Waals surface area contributed by atoms with E-state index in [1.54, 1.807) is 12.1 Å². The number of hydrogen-bond donors (Lipinski definition) is 5. The van der Waals surface area contributed by atoms with Crippen molar-refractivity contribution in [2.75, 3.05) is 0 Å². The third-order valence-electron chi connectivity index (χ3n) is 6.70. The van der Waals surface area contributed by atoms with Crippen LogP contribution in [0, 0.1) is 11.8 Å². The molecule has 0 radical (unpaired) electrons. The van der Waals surface area contributed by atoms with Gasteiger partial charge < -0.3 is 26.2 Å². The largest absolute Gasteiger partial charge is 0.508 e. The summed E-state index contributed by atoms with van der Waals surface area (Å²) in [5.74, 6) is -6.31. The molecule has 152 valence electrons. The van der Waals surface area contributed by atoms with Crippen molar-refractivity contribution >= 4 is 23.2 Å². The van der Waals surface area contributed by atoms with E-state index in [0.29, 0.717) is 5.56 Å². The van der Waals surface area contributed by atoms with Crippen molar-refractivity contribution in [1.29, 1.82) is 0 Å². The lowest BCUT2D eigenvalue weighted by Crippen LogP contribution is -2.60. The smallest absolute Gasteiger partial charge is 0.255 e. The third-order valence-corrected chi connectivity index (χ3v) is 6.70. The van der Waals surface area contributed by atoms with E-state index < -0.39 is 57.4 Å². The Hall–Kier alpha value is -3.13. The molecular formula is C21H21NO7. The first-order valence-corrected chi connectivity index (χ1v) is 9.23. The van der Waals surface area contributed by atoms with E-state index in [-0.39, 0.29) is 29.7 Å². The van der Waals surface area contributed by atoms with Crippen LogP contribution in [-0.4, -0.2) is 43.5 Å². The van der Waals surface area contributed by atoms with E-state index in [1.165, 1.54) is 6.07 Å². The van der Waals surface area contributed by atoms with Gasteiger partial charge in [-0.05, 0) is 23.5 Å². The van der Waals surface area contributed by atoms with Gasteiger partial charge in [0.25, 0.3) is 5.91 Å². The average molecular weight is 399 g/mol. The number of fused-ring (bicyclic) bond motifs is 3. The molecule has 3 aliphatic rings. The molecule has 0 bridgehead atoms. The first kappa shape index (κ1) is 19.2. The molecule has 8 heteroatoms. The van der Waals surface area contributed by atoms with Crippen LogP contribution in [0.1, 0.15) is 37.8 Å². The second-order valence-corrected chi connectivity index (χ2v) is 8.48. The summed E-state index contributed by atoms with van der Waals surface area (Å²) < 4.78 is 0. The van der Waals surface area contributed by atoms with Gasteiger partial charge in [-0.1, -0.05) is 26.0 Å². The highest BCUT2D eigenvalue weighted by Crippen LogP contribution is 2.57. The third kappa shape index (κ3) is 2.20. The van der Waals surface area contributed by atoms with Crippen molar-refractivity contribution in [3.05, 3.63) is 46.2 Å². The van der Waals surface area contributed by atoms with E-state index in [9.17, 15) is 34.8 Å². The highest BCUT2D eigenvalue weighted by atomic mass is 16.3. The van der Waals surface area contributed by atoms with Crippen LogP contribution >= 0.6 is 0 Å². The molecule has 0 aromatic heterocycles. The second kappa shape index (κ2) is 5.70. The van der Waals surface area contributed by atoms with Crippen molar-refractivity contribution in [2.24, 2.45) is 17.6 Å². The van der Waals surface area contributed by atoms with Gasteiger partial charge in [0.15, 0.2) is 11.4 Å². The second-order valence-electron chi connectivity index (χ2n) is 8.48. The molecule has 29 heavy (non-hydrogen) atoms. The summed E-state index contributed by atoms with van der Waals surface area (Å²) in [6.07, 6.45) is -0.232. The molecule has 1 amide bonds. The number of nitrogens with two attached hydrogens (primary N) is 1. The minimum absolute atomic E-state index is 0.0876. The number of carbonyl (C=O) groups excluding carboxylic acids is 3. The molecule has 8 nitrogen and oxygen atoms in total. The lowest BCUT2D eigenvalue weighted by molar-refractivity contribution is -0.148. The van der Waals surface area contributed by atoms with Crippen LogP contribution in [-0.2, 0) is 19.8 Å². The molecule has 1 aromatic carbocycles. The van der Waals surface area contributed by atoms with Gasteiger partial charge in [0.05, 0.1) is 5.56 Å². The maximum absolute atomic E-state index is 13.4. The summed E-state index contributed by atoms with van der Waals surface area (Å²) in [5, 5.41) is 42.9. The molecule has 0 saturated heterocycles. The lowest BCUT2D eigenvalue weighted by atomic mass is 9.53. The maximum atomic E-state index is 13.4. The fourth-order valence-corrected chi connectivity index (χ4v) is 5.13. The van der Waals surface area contributed by atoms with Crippen LogP contribution in [0.25, 0.3) is 5.76 Å². The Balaban J connectivity index is 2.01. The van der Waals surface area contributed by atoms with Gasteiger partial charge in [-0.3, -0.25) is 14.4 Å². The van der Waals surface area contributed by atoms with E-state index in [1.807, 2.05) is 13.8 Å². The molecule has 1 saturated carbocycles. The number of ketones is 2. The van der Waals surface area contributed by atoms with Crippen LogP contribution in [0.5, 0.6) is 5.75 Å². The molecule has 1 aromatic rings. The molecule has 4 rings (SSSR count). The fraction of sp³-hybridized carbons (Fsp3) is 0.381. The maximum Gasteiger partial charge on any atom is 0.255 e. The average Bonchev–Trinajstić information content (AvgIpc) is 2.62. The molecule has 3 atom stereocenters. The monoisotopic (exact) mass is 399 g/mol. The van der Waals surface area contributed by atoms with E-state index >= 15 is 0 Å². The SMILES string of the molecule is CC1(C)c2cccc(O)c2C(O)=C2C(=O)C3(O)C(O)=C(C(N)=O)C(=O)CC3CC21. The standard InChI is InChI=1S/C21H21NO7/c1-20(2)9-4-3-5-11(23)13(9)16(25)14-10(20)6-8-7-12(24)15(19(22)28)18(27)21(8,29)17(14)26/h3-5,8,10,23,25,27,29H,6-7H2,1-2H3,(H2,22,28). The number of rotatable bonds is 1. The molecule has 3 unspecified atom stereocenters. The molecule has 0 heterocycles. The summed E-state index contributed by atoms with van der Waals surface area (Å²) in [6.45, 7) is 3.68. The highest BCUT2D eigenvalue weighted by Gasteiger charge is 2.62. The number of aliphatic hydroxyl groups excluding tert-OH is 2. The Morgan fingerprint density at radius 3 is 2.45 bits per heavy atom. The lowest BCUT2D eigenvalue weighted by Gasteiger charge is -2.51. The first-order valence-electron chi connectivity index (χ1n) is 9.23. The predicted molar refractivity (Wildman–Crippen MR) is 101 cm³/mol. The van der Waals surface area contributed by atoms with Crippen molar-refractivity contribution in [1.82, 2.24) is 0 Å². The zero-order valence-corrected chi connectivity index (χ0v) is 15.9. The number of aromatic hydroxyl groups is 1. The van der Waals surface area contributed by atoms with Crippen molar-refractivity contribution in [3.63, 3.8) is 0 Å². The van der Waals surface area contributed by atoms with E-state index in [2.05, 4.69) is 0 Å². The number of hydrogen-bond acceptors (Lipinski definition) is 7. The number of phenols is 1. The van der Waals surface area contributed by atoms with Crippen LogP contribution in [0.2, 0.25) is 0 Å². The zero-order chi connectivity index (χ0) is 21.5. The number of aliphatic hydroxyl groups is 3. The molecule has 3 aliphatic carbocycles. The predicted octanol–water partition coefficient (Wildman–Crippen LogP) is 1.16. The quantitative estimate of drug-likeness (QED) is 0.443. The van der Waals surface area contributed by atoms with Gasteiger partial charge in [0, 0.05) is 23.8 Å². The molecule has 0 aliphatic heterocycles. The van der Waals surface area contributed by atoms with Gasteiger partial charge in [-0.25, -0.2) is 0 Å². The number of amides is 1. The van der Waals surface area contributed by atoms with Gasteiger partial charge in [-0.2, -0.15) is 0 Å². The Kier molecular flexibility index (Phi) is 3.77. The van der Waals surface area contributed by atoms with Gasteiger partial charge >= 0.3 is 0 Å². The van der Waals surface area contributed by atoms with Gasteiger partial charge in [0.1, 0.15) is 22.8 Å². The summed E-state index contributed by atoms with van der Waals surface area (Å²) >= 11 is 0. The number of phenolic OH excluding ortho intramolecular Hbond substituents is 1. The first-order chi connectivity index (χ1) is 13.4. The van der Waals surface area contributed by atoms with Gasteiger partial charge in [-0.15, -0.1) is 0 Å². The molecule has 1 fully saturated rings. The molecule has 6 N–H and O–H groups in total. The van der Waals surface area contributed by atoms with Crippen LogP contribution in [0.15, 0.2) is 35.1 Å². The summed E-state index contributed by atoms with van der Waals surface area (Å²) in [7, 11) is 0. The molecular weight excluding hydrogens is 378 g/mol. The Morgan fingerprint density at radius 1 is 1.17 bits per heavy atom. The topological polar surface area (TPSA) is 158 Å². The number of benzene rings is 1. The van der Waals surface area contributed by atoms with Crippen LogP contribution < -0.4 is 5.73 Å². The van der Waals surface area contributed by atoms with Crippen molar-refractivity contribution < 1.29 is 34.8 Å². The minimum atomic E-state index is -2.55.